The first kappa shape index (κ1) is 19.0. The number of anilines is 1. The van der Waals surface area contributed by atoms with Gasteiger partial charge in [-0.1, -0.05) is 12.1 Å². The highest BCUT2D eigenvalue weighted by Gasteiger charge is 2.12. The molecule has 0 aliphatic heterocycles. The molecule has 5 rings (SSSR count). The summed E-state index contributed by atoms with van der Waals surface area (Å²) in [6.07, 6.45) is 6.48. The molecule has 1 aromatic carbocycles. The van der Waals surface area contributed by atoms with E-state index in [0.717, 1.165) is 44.9 Å². The summed E-state index contributed by atoms with van der Waals surface area (Å²) in [7, 11) is 3.83. The first-order valence-corrected chi connectivity index (χ1v) is 10.0. The van der Waals surface area contributed by atoms with E-state index in [1.807, 2.05) is 55.6 Å². The van der Waals surface area contributed by atoms with Crippen LogP contribution in [0.15, 0.2) is 61.1 Å². The smallest absolute Gasteiger partial charge is 0.148 e. The second-order valence-corrected chi connectivity index (χ2v) is 7.61. The van der Waals surface area contributed by atoms with Crippen LogP contribution in [0.5, 0.6) is 0 Å². The lowest BCUT2D eigenvalue weighted by molar-refractivity contribution is 0.627. The Hall–Kier alpha value is -3.94. The lowest BCUT2D eigenvalue weighted by atomic mass is 10.1. The number of nitrogens with one attached hydrogen (secondary N) is 2. The molecule has 0 amide bonds. The Labute approximate surface area is 178 Å². The van der Waals surface area contributed by atoms with Crippen molar-refractivity contribution in [2.24, 2.45) is 14.1 Å². The van der Waals surface area contributed by atoms with E-state index in [-0.39, 0.29) is 5.82 Å². The lowest BCUT2D eigenvalue weighted by Gasteiger charge is -2.02. The van der Waals surface area contributed by atoms with E-state index in [4.69, 9.17) is 4.98 Å². The summed E-state index contributed by atoms with van der Waals surface area (Å²) < 4.78 is 16.7. The zero-order valence-corrected chi connectivity index (χ0v) is 17.3. The molecule has 0 atom stereocenters. The molecule has 5 aromatic rings. The average Bonchev–Trinajstić information content (AvgIpc) is 3.47. The van der Waals surface area contributed by atoms with Crippen molar-refractivity contribution in [3.05, 3.63) is 83.7 Å². The van der Waals surface area contributed by atoms with Crippen LogP contribution in [0.1, 0.15) is 16.8 Å². The summed E-state index contributed by atoms with van der Waals surface area (Å²) in [5, 5.41) is 12.1. The van der Waals surface area contributed by atoms with Gasteiger partial charge >= 0.3 is 0 Å². The van der Waals surface area contributed by atoms with Crippen LogP contribution in [0.2, 0.25) is 0 Å². The highest BCUT2D eigenvalue weighted by atomic mass is 19.1. The highest BCUT2D eigenvalue weighted by Crippen LogP contribution is 2.24. The van der Waals surface area contributed by atoms with Crippen molar-refractivity contribution in [2.75, 3.05) is 5.32 Å². The molecular formula is C23H22FN7. The van der Waals surface area contributed by atoms with Gasteiger partial charge in [0.15, 0.2) is 0 Å². The zero-order valence-electron chi connectivity index (χ0n) is 17.3. The van der Waals surface area contributed by atoms with Crippen molar-refractivity contribution in [1.29, 1.82) is 0 Å². The molecule has 0 spiro atoms. The average molecular weight is 415 g/mol. The molecule has 4 heterocycles. The minimum absolute atomic E-state index is 0.233. The molecule has 2 N–H and O–H groups in total. The quantitative estimate of drug-likeness (QED) is 0.439. The number of halogens is 1. The first-order valence-electron chi connectivity index (χ1n) is 10.0. The fraction of sp³-hybridized carbons (Fsp3) is 0.174. The largest absolute Gasteiger partial charge is 0.365 e. The van der Waals surface area contributed by atoms with Crippen LogP contribution in [0.4, 0.5) is 10.2 Å². The molecule has 0 radical (unpaired) electrons. The van der Waals surface area contributed by atoms with Crippen LogP contribution in [-0.4, -0.2) is 29.5 Å². The van der Waals surface area contributed by atoms with E-state index in [0.29, 0.717) is 13.0 Å². The van der Waals surface area contributed by atoms with Crippen molar-refractivity contribution in [2.45, 2.75) is 13.0 Å². The minimum Gasteiger partial charge on any atom is -0.365 e. The molecule has 4 aromatic heterocycles. The van der Waals surface area contributed by atoms with E-state index in [2.05, 4.69) is 20.5 Å². The highest BCUT2D eigenvalue weighted by molar-refractivity contribution is 5.82. The van der Waals surface area contributed by atoms with Gasteiger partial charge in [-0.15, -0.1) is 0 Å². The number of nitrogens with zero attached hydrogens (tertiary/aromatic N) is 5. The molecule has 0 bridgehead atoms. The van der Waals surface area contributed by atoms with Gasteiger partial charge in [-0.25, -0.2) is 9.37 Å². The van der Waals surface area contributed by atoms with Crippen molar-refractivity contribution < 1.29 is 4.39 Å². The second kappa shape index (κ2) is 7.71. The van der Waals surface area contributed by atoms with Gasteiger partial charge in [-0.3, -0.25) is 9.36 Å². The number of H-pyrrole nitrogens is 1. The minimum atomic E-state index is -0.233. The molecule has 156 valence electrons. The number of hydrogen-bond donors (Lipinski definition) is 2. The van der Waals surface area contributed by atoms with Gasteiger partial charge in [0, 0.05) is 62.3 Å². The molecule has 0 saturated heterocycles. The van der Waals surface area contributed by atoms with Crippen molar-refractivity contribution >= 4 is 16.9 Å². The first-order chi connectivity index (χ1) is 15.0. The molecule has 31 heavy (non-hydrogen) atoms. The summed E-state index contributed by atoms with van der Waals surface area (Å²) in [5.41, 5.74) is 7.00. The number of aromatic amines is 1. The van der Waals surface area contributed by atoms with E-state index in [1.165, 1.54) is 12.1 Å². The van der Waals surface area contributed by atoms with Gasteiger partial charge in [-0.2, -0.15) is 10.2 Å². The number of fused-ring (bicyclic) bond motifs is 1. The van der Waals surface area contributed by atoms with Crippen LogP contribution >= 0.6 is 0 Å². The molecule has 8 heteroatoms. The maximum Gasteiger partial charge on any atom is 0.148 e. The van der Waals surface area contributed by atoms with E-state index >= 15 is 0 Å². The second-order valence-electron chi connectivity index (χ2n) is 7.61. The van der Waals surface area contributed by atoms with E-state index in [9.17, 15) is 4.39 Å². The number of benzene rings is 1. The SMILES string of the molecule is Cn1cc(-c2ccc3[nH]cc(Cc4cc(NCc5ccc(F)cc5)nn4C)c3n2)cn1. The summed E-state index contributed by atoms with van der Waals surface area (Å²) in [6, 6.07) is 12.5. The Morgan fingerprint density at radius 3 is 2.71 bits per heavy atom. The zero-order chi connectivity index (χ0) is 21.4. The Morgan fingerprint density at radius 1 is 1.10 bits per heavy atom. The monoisotopic (exact) mass is 415 g/mol. The van der Waals surface area contributed by atoms with Crippen LogP contribution in [0.25, 0.3) is 22.3 Å². The van der Waals surface area contributed by atoms with Gasteiger partial charge in [0.2, 0.25) is 0 Å². The number of aryl methyl sites for hydroxylation is 2. The van der Waals surface area contributed by atoms with Crippen LogP contribution in [0.3, 0.4) is 0 Å². The topological polar surface area (TPSA) is 76.3 Å². The predicted molar refractivity (Wildman–Crippen MR) is 118 cm³/mol. The molecule has 0 fully saturated rings. The molecule has 0 aliphatic carbocycles. The van der Waals surface area contributed by atoms with Gasteiger partial charge < -0.3 is 10.3 Å². The van der Waals surface area contributed by atoms with Gasteiger partial charge in [0.25, 0.3) is 0 Å². The van der Waals surface area contributed by atoms with E-state index in [1.54, 1.807) is 16.8 Å². The molecule has 7 nitrogen and oxygen atoms in total. The summed E-state index contributed by atoms with van der Waals surface area (Å²) in [5.74, 6) is 0.550. The third-order valence-corrected chi connectivity index (χ3v) is 5.34. The van der Waals surface area contributed by atoms with Crippen molar-refractivity contribution in [3.8, 4) is 11.3 Å². The maximum atomic E-state index is 13.1. The van der Waals surface area contributed by atoms with Crippen LogP contribution in [0, 0.1) is 5.82 Å². The fourth-order valence-electron chi connectivity index (χ4n) is 3.65. The lowest BCUT2D eigenvalue weighted by Crippen LogP contribution is -2.01. The fourth-order valence-corrected chi connectivity index (χ4v) is 3.65. The Morgan fingerprint density at radius 2 is 1.94 bits per heavy atom. The maximum absolute atomic E-state index is 13.1. The predicted octanol–water partition coefficient (Wildman–Crippen LogP) is 4.04. The molecule has 0 unspecified atom stereocenters. The number of hydrogen-bond acceptors (Lipinski definition) is 4. The van der Waals surface area contributed by atoms with Gasteiger partial charge in [-0.05, 0) is 29.8 Å². The molecular weight excluding hydrogens is 393 g/mol. The number of pyridine rings is 1. The van der Waals surface area contributed by atoms with Crippen LogP contribution in [-0.2, 0) is 27.1 Å². The molecule has 0 saturated carbocycles. The summed E-state index contributed by atoms with van der Waals surface area (Å²) in [4.78, 5) is 8.18. The summed E-state index contributed by atoms with van der Waals surface area (Å²) >= 11 is 0. The summed E-state index contributed by atoms with van der Waals surface area (Å²) in [6.45, 7) is 0.583. The molecule has 0 aliphatic rings. The van der Waals surface area contributed by atoms with Gasteiger partial charge in [0.05, 0.1) is 22.9 Å². The van der Waals surface area contributed by atoms with Crippen LogP contribution < -0.4 is 5.32 Å². The standard InChI is InChI=1S/C23H22FN7/c1-30-14-17(13-27-30)20-7-8-21-23(28-20)16(12-25-21)9-19-10-22(29-31(19)2)26-11-15-3-5-18(24)6-4-15/h3-8,10,12-14,25H,9,11H2,1-2H3,(H,26,29). The van der Waals surface area contributed by atoms with Gasteiger partial charge in [0.1, 0.15) is 11.6 Å². The van der Waals surface area contributed by atoms with Crippen molar-refractivity contribution in [1.82, 2.24) is 29.5 Å². The third-order valence-electron chi connectivity index (χ3n) is 5.34. The van der Waals surface area contributed by atoms with Crippen molar-refractivity contribution in [3.63, 3.8) is 0 Å². The Bertz CT molecular complexity index is 1340. The normalized spacial score (nSPS) is 11.3. The Kier molecular flexibility index (Phi) is 4.74. The van der Waals surface area contributed by atoms with E-state index < -0.39 is 0 Å². The number of aromatic nitrogens is 6. The number of rotatable bonds is 6. The third kappa shape index (κ3) is 3.92. The Balaban J connectivity index is 1.36.